The number of para-hydroxylation sites is 2. The number of rotatable bonds is 4. The zero-order valence-electron chi connectivity index (χ0n) is 10.4. The predicted molar refractivity (Wildman–Crippen MR) is 74.8 cm³/mol. The average molecular weight is 292 g/mol. The highest BCUT2D eigenvalue weighted by Crippen LogP contribution is 2.26. The van der Waals surface area contributed by atoms with Crippen molar-refractivity contribution in [3.63, 3.8) is 0 Å². The van der Waals surface area contributed by atoms with Crippen LogP contribution in [0.2, 0.25) is 0 Å². The van der Waals surface area contributed by atoms with E-state index in [4.69, 9.17) is 5.73 Å². The number of hydrogen-bond donors (Lipinski definition) is 1. The molecule has 2 aromatic carbocycles. The van der Waals surface area contributed by atoms with Crippen LogP contribution in [-0.4, -0.2) is 13.3 Å². The molecule has 2 aromatic rings. The van der Waals surface area contributed by atoms with E-state index in [1.165, 1.54) is 30.3 Å². The van der Waals surface area contributed by atoms with E-state index in [1.54, 1.807) is 18.2 Å². The van der Waals surface area contributed by atoms with Gasteiger partial charge in [0.25, 0.3) is 5.69 Å². The van der Waals surface area contributed by atoms with Crippen LogP contribution in [0.1, 0.15) is 5.56 Å². The predicted octanol–water partition coefficient (Wildman–Crippen LogP) is 2.15. The molecule has 0 spiro atoms. The van der Waals surface area contributed by atoms with Crippen LogP contribution in [0.5, 0.6) is 0 Å². The van der Waals surface area contributed by atoms with Crippen molar-refractivity contribution in [2.45, 2.75) is 10.6 Å². The second kappa shape index (κ2) is 5.30. The third-order valence-electron chi connectivity index (χ3n) is 2.79. The first-order chi connectivity index (χ1) is 9.42. The summed E-state index contributed by atoms with van der Waals surface area (Å²) in [6.07, 6.45) is 0. The molecule has 0 saturated heterocycles. The molecular weight excluding hydrogens is 280 g/mol. The number of nitrogens with zero attached hydrogens (tertiary/aromatic N) is 1. The Morgan fingerprint density at radius 3 is 2.30 bits per heavy atom. The van der Waals surface area contributed by atoms with Crippen LogP contribution < -0.4 is 5.73 Å². The number of benzene rings is 2. The van der Waals surface area contributed by atoms with Gasteiger partial charge in [0.1, 0.15) is 0 Å². The third kappa shape index (κ3) is 2.77. The molecule has 0 radical (unpaired) electrons. The van der Waals surface area contributed by atoms with Crippen LogP contribution >= 0.6 is 0 Å². The van der Waals surface area contributed by atoms with E-state index in [0.29, 0.717) is 0 Å². The van der Waals surface area contributed by atoms with Gasteiger partial charge < -0.3 is 5.73 Å². The van der Waals surface area contributed by atoms with Gasteiger partial charge in [-0.3, -0.25) is 10.1 Å². The molecule has 2 N–H and O–H groups in total. The Morgan fingerprint density at radius 2 is 1.65 bits per heavy atom. The van der Waals surface area contributed by atoms with E-state index < -0.39 is 20.5 Å². The van der Waals surface area contributed by atoms with Gasteiger partial charge in [0.2, 0.25) is 0 Å². The number of sulfone groups is 1. The lowest BCUT2D eigenvalue weighted by Gasteiger charge is -2.07. The van der Waals surface area contributed by atoms with Crippen molar-refractivity contribution in [1.29, 1.82) is 0 Å². The quantitative estimate of drug-likeness (QED) is 0.528. The van der Waals surface area contributed by atoms with E-state index in [2.05, 4.69) is 0 Å². The normalized spacial score (nSPS) is 11.2. The molecule has 0 saturated carbocycles. The van der Waals surface area contributed by atoms with Crippen LogP contribution in [0.3, 0.4) is 0 Å². The van der Waals surface area contributed by atoms with Crippen molar-refractivity contribution >= 4 is 21.2 Å². The van der Waals surface area contributed by atoms with Crippen LogP contribution in [0.25, 0.3) is 0 Å². The number of anilines is 1. The van der Waals surface area contributed by atoms with Gasteiger partial charge in [-0.1, -0.05) is 30.3 Å². The molecule has 0 atom stereocenters. The molecule has 2 rings (SSSR count). The summed E-state index contributed by atoms with van der Waals surface area (Å²) < 4.78 is 24.6. The minimum absolute atomic E-state index is 0.0156. The molecule has 0 bridgehead atoms. The van der Waals surface area contributed by atoms with Gasteiger partial charge in [-0.15, -0.1) is 0 Å². The molecule has 7 heteroatoms. The van der Waals surface area contributed by atoms with Crippen molar-refractivity contribution in [1.82, 2.24) is 0 Å². The van der Waals surface area contributed by atoms with Gasteiger partial charge in [-0.25, -0.2) is 8.42 Å². The van der Waals surface area contributed by atoms with Crippen LogP contribution in [0, 0.1) is 10.1 Å². The molecule has 0 amide bonds. The zero-order valence-corrected chi connectivity index (χ0v) is 11.2. The molecule has 20 heavy (non-hydrogen) atoms. The average Bonchev–Trinajstić information content (AvgIpc) is 2.39. The zero-order chi connectivity index (χ0) is 14.8. The van der Waals surface area contributed by atoms with Gasteiger partial charge in [0.05, 0.1) is 21.3 Å². The lowest BCUT2D eigenvalue weighted by Crippen LogP contribution is -2.09. The van der Waals surface area contributed by atoms with Gasteiger partial charge in [-0.05, 0) is 12.1 Å². The Bertz CT molecular complexity index is 756. The first-order valence-electron chi connectivity index (χ1n) is 5.71. The lowest BCUT2D eigenvalue weighted by atomic mass is 10.2. The highest BCUT2D eigenvalue weighted by atomic mass is 32.2. The fourth-order valence-electron chi connectivity index (χ4n) is 1.86. The lowest BCUT2D eigenvalue weighted by molar-refractivity contribution is -0.385. The fraction of sp³-hybridized carbons (Fsp3) is 0.0769. The Kier molecular flexibility index (Phi) is 3.71. The fourth-order valence-corrected chi connectivity index (χ4v) is 3.38. The minimum atomic E-state index is -3.73. The van der Waals surface area contributed by atoms with Crippen molar-refractivity contribution in [3.8, 4) is 0 Å². The molecule has 0 aromatic heterocycles. The molecule has 104 valence electrons. The van der Waals surface area contributed by atoms with E-state index >= 15 is 0 Å². The summed E-state index contributed by atoms with van der Waals surface area (Å²) in [5.74, 6) is -0.460. The number of hydrogen-bond acceptors (Lipinski definition) is 5. The molecule has 0 fully saturated rings. The first kappa shape index (κ1) is 14.0. The maximum atomic E-state index is 12.3. The largest absolute Gasteiger partial charge is 0.398 e. The van der Waals surface area contributed by atoms with E-state index in [9.17, 15) is 18.5 Å². The van der Waals surface area contributed by atoms with Crippen molar-refractivity contribution in [3.05, 3.63) is 64.2 Å². The SMILES string of the molecule is Nc1ccccc1S(=O)(=O)Cc1ccccc1[N+](=O)[O-]. The van der Waals surface area contributed by atoms with Gasteiger partial charge in [0.15, 0.2) is 9.84 Å². The van der Waals surface area contributed by atoms with E-state index in [-0.39, 0.29) is 21.8 Å². The van der Waals surface area contributed by atoms with E-state index in [0.717, 1.165) is 0 Å². The topological polar surface area (TPSA) is 103 Å². The summed E-state index contributed by atoms with van der Waals surface area (Å²) >= 11 is 0. The van der Waals surface area contributed by atoms with Gasteiger partial charge in [-0.2, -0.15) is 0 Å². The second-order valence-electron chi connectivity index (χ2n) is 4.18. The van der Waals surface area contributed by atoms with Crippen molar-refractivity contribution in [2.75, 3.05) is 5.73 Å². The highest BCUT2D eigenvalue weighted by Gasteiger charge is 2.22. The molecule has 0 aliphatic heterocycles. The molecule has 0 heterocycles. The minimum Gasteiger partial charge on any atom is -0.398 e. The Labute approximate surface area is 115 Å². The van der Waals surface area contributed by atoms with Crippen molar-refractivity contribution < 1.29 is 13.3 Å². The van der Waals surface area contributed by atoms with Crippen LogP contribution in [0.4, 0.5) is 11.4 Å². The van der Waals surface area contributed by atoms with Crippen LogP contribution in [0.15, 0.2) is 53.4 Å². The monoisotopic (exact) mass is 292 g/mol. The Balaban J connectivity index is 2.45. The number of nitro groups is 1. The Morgan fingerprint density at radius 1 is 1.05 bits per heavy atom. The molecule has 0 aliphatic carbocycles. The van der Waals surface area contributed by atoms with Gasteiger partial charge in [0, 0.05) is 11.6 Å². The summed E-state index contributed by atoms with van der Waals surface area (Å²) in [5, 5.41) is 10.9. The summed E-state index contributed by atoms with van der Waals surface area (Å²) in [7, 11) is -3.73. The maximum absolute atomic E-state index is 12.3. The van der Waals surface area contributed by atoms with E-state index in [1.807, 2.05) is 0 Å². The standard InChI is InChI=1S/C13H12N2O4S/c14-11-6-2-4-8-13(11)20(18,19)9-10-5-1-3-7-12(10)15(16)17/h1-8H,9,14H2. The highest BCUT2D eigenvalue weighted by molar-refractivity contribution is 7.90. The summed E-state index contributed by atoms with van der Waals surface area (Å²) in [6.45, 7) is 0. The Hall–Kier alpha value is -2.41. The molecule has 0 aliphatic rings. The summed E-state index contributed by atoms with van der Waals surface area (Å²) in [5.41, 5.74) is 5.70. The molecule has 6 nitrogen and oxygen atoms in total. The number of nitrogens with two attached hydrogens (primary N) is 1. The maximum Gasteiger partial charge on any atom is 0.273 e. The van der Waals surface area contributed by atoms with Crippen LogP contribution in [-0.2, 0) is 15.6 Å². The smallest absolute Gasteiger partial charge is 0.273 e. The summed E-state index contributed by atoms with van der Waals surface area (Å²) in [4.78, 5) is 10.3. The summed E-state index contributed by atoms with van der Waals surface area (Å²) in [6, 6.07) is 11.8. The van der Waals surface area contributed by atoms with Gasteiger partial charge >= 0.3 is 0 Å². The second-order valence-corrected chi connectivity index (χ2v) is 6.14. The molecule has 0 unspecified atom stereocenters. The molecular formula is C13H12N2O4S. The number of nitro benzene ring substituents is 1. The van der Waals surface area contributed by atoms with Crippen molar-refractivity contribution in [2.24, 2.45) is 0 Å². The number of nitrogen functional groups attached to an aromatic ring is 1. The third-order valence-corrected chi connectivity index (χ3v) is 4.52. The first-order valence-corrected chi connectivity index (χ1v) is 7.36.